The average molecular weight is 251 g/mol. The molecule has 0 saturated carbocycles. The van der Waals surface area contributed by atoms with E-state index in [1.165, 1.54) is 11.3 Å². The molecule has 0 aromatic carbocycles. The smallest absolute Gasteiger partial charge is 0.0637 e. The highest BCUT2D eigenvalue weighted by Gasteiger charge is 2.09. The highest BCUT2D eigenvalue weighted by atomic mass is 16.5. The third-order valence-electron chi connectivity index (χ3n) is 2.91. The Morgan fingerprint density at radius 1 is 1.39 bits per heavy atom. The van der Waals surface area contributed by atoms with Crippen molar-refractivity contribution >= 4 is 5.69 Å². The van der Waals surface area contributed by atoms with E-state index in [2.05, 4.69) is 35.1 Å². The molecular formula is C14H25N3O. The number of methoxy groups -OCH3 is 1. The Kier molecular flexibility index (Phi) is 7.37. The van der Waals surface area contributed by atoms with E-state index in [0.717, 1.165) is 39.2 Å². The molecule has 18 heavy (non-hydrogen) atoms. The maximum Gasteiger partial charge on any atom is 0.0637 e. The van der Waals surface area contributed by atoms with Gasteiger partial charge in [0.05, 0.1) is 6.61 Å². The number of aromatic nitrogens is 1. The molecule has 0 radical (unpaired) electrons. The summed E-state index contributed by atoms with van der Waals surface area (Å²) >= 11 is 0. The zero-order valence-corrected chi connectivity index (χ0v) is 11.8. The zero-order valence-electron chi connectivity index (χ0n) is 11.8. The van der Waals surface area contributed by atoms with Gasteiger partial charge < -0.3 is 15.0 Å². The SMILES string of the molecule is CCCNCc1cnccc1N(CC)CCOC. The van der Waals surface area contributed by atoms with Gasteiger partial charge in [-0.3, -0.25) is 4.98 Å². The summed E-state index contributed by atoms with van der Waals surface area (Å²) in [6.45, 7) is 8.90. The Labute approximate surface area is 110 Å². The van der Waals surface area contributed by atoms with E-state index >= 15 is 0 Å². The van der Waals surface area contributed by atoms with Gasteiger partial charge in [-0.15, -0.1) is 0 Å². The molecule has 1 N–H and O–H groups in total. The molecule has 0 aliphatic carbocycles. The molecule has 0 spiro atoms. The van der Waals surface area contributed by atoms with Crippen molar-refractivity contribution in [1.82, 2.24) is 10.3 Å². The molecule has 0 unspecified atom stereocenters. The fraction of sp³-hybridized carbons (Fsp3) is 0.643. The number of nitrogens with one attached hydrogen (secondary N) is 1. The van der Waals surface area contributed by atoms with Gasteiger partial charge in [-0.1, -0.05) is 6.92 Å². The maximum absolute atomic E-state index is 5.16. The van der Waals surface area contributed by atoms with E-state index in [9.17, 15) is 0 Å². The van der Waals surface area contributed by atoms with Crippen LogP contribution in [0.4, 0.5) is 5.69 Å². The van der Waals surface area contributed by atoms with E-state index in [4.69, 9.17) is 4.74 Å². The second-order valence-corrected chi connectivity index (χ2v) is 4.25. The minimum absolute atomic E-state index is 0.748. The van der Waals surface area contributed by atoms with Crippen LogP contribution in [0.3, 0.4) is 0 Å². The zero-order chi connectivity index (χ0) is 13.2. The number of rotatable bonds is 9. The van der Waals surface area contributed by atoms with Gasteiger partial charge in [-0.2, -0.15) is 0 Å². The Hall–Kier alpha value is -1.13. The van der Waals surface area contributed by atoms with Gasteiger partial charge in [0.25, 0.3) is 0 Å². The lowest BCUT2D eigenvalue weighted by Gasteiger charge is -2.25. The predicted octanol–water partition coefficient (Wildman–Crippen LogP) is 2.05. The lowest BCUT2D eigenvalue weighted by molar-refractivity contribution is 0.205. The van der Waals surface area contributed by atoms with Crippen molar-refractivity contribution in [1.29, 1.82) is 0 Å². The van der Waals surface area contributed by atoms with Crippen LogP contribution >= 0.6 is 0 Å². The van der Waals surface area contributed by atoms with Gasteiger partial charge >= 0.3 is 0 Å². The number of ether oxygens (including phenoxy) is 1. The molecule has 1 heterocycles. The second-order valence-electron chi connectivity index (χ2n) is 4.25. The van der Waals surface area contributed by atoms with Crippen LogP contribution in [0.1, 0.15) is 25.8 Å². The van der Waals surface area contributed by atoms with Gasteiger partial charge in [-0.25, -0.2) is 0 Å². The van der Waals surface area contributed by atoms with Crippen LogP contribution in [0.2, 0.25) is 0 Å². The van der Waals surface area contributed by atoms with Crippen molar-refractivity contribution in [3.05, 3.63) is 24.0 Å². The van der Waals surface area contributed by atoms with Crippen LogP contribution in [0.5, 0.6) is 0 Å². The first-order chi connectivity index (χ1) is 8.83. The minimum Gasteiger partial charge on any atom is -0.383 e. The van der Waals surface area contributed by atoms with E-state index in [1.54, 1.807) is 7.11 Å². The molecule has 0 amide bonds. The van der Waals surface area contributed by atoms with E-state index in [1.807, 2.05) is 12.4 Å². The van der Waals surface area contributed by atoms with Crippen LogP contribution in [-0.4, -0.2) is 38.3 Å². The van der Waals surface area contributed by atoms with Gasteiger partial charge in [0.1, 0.15) is 0 Å². The monoisotopic (exact) mass is 251 g/mol. The van der Waals surface area contributed by atoms with E-state index in [-0.39, 0.29) is 0 Å². The number of likely N-dealkylation sites (N-methyl/N-ethyl adjacent to an activating group) is 1. The molecule has 0 bridgehead atoms. The predicted molar refractivity (Wildman–Crippen MR) is 76.0 cm³/mol. The molecule has 4 heteroatoms. The summed E-state index contributed by atoms with van der Waals surface area (Å²) in [6, 6.07) is 2.09. The quantitative estimate of drug-likeness (QED) is 0.682. The fourth-order valence-electron chi connectivity index (χ4n) is 1.91. The largest absolute Gasteiger partial charge is 0.383 e. The van der Waals surface area contributed by atoms with Crippen LogP contribution in [0.15, 0.2) is 18.5 Å². The van der Waals surface area contributed by atoms with Crippen molar-refractivity contribution in [3.63, 3.8) is 0 Å². The van der Waals surface area contributed by atoms with Crippen molar-refractivity contribution in [3.8, 4) is 0 Å². The summed E-state index contributed by atoms with van der Waals surface area (Å²) < 4.78 is 5.16. The van der Waals surface area contributed by atoms with Crippen LogP contribution < -0.4 is 10.2 Å². The van der Waals surface area contributed by atoms with Crippen molar-refractivity contribution in [2.24, 2.45) is 0 Å². The number of hydrogen-bond donors (Lipinski definition) is 1. The Morgan fingerprint density at radius 3 is 2.89 bits per heavy atom. The van der Waals surface area contributed by atoms with Crippen molar-refractivity contribution in [2.45, 2.75) is 26.8 Å². The summed E-state index contributed by atoms with van der Waals surface area (Å²) in [4.78, 5) is 6.55. The molecule has 0 aliphatic heterocycles. The molecular weight excluding hydrogens is 226 g/mol. The maximum atomic E-state index is 5.16. The topological polar surface area (TPSA) is 37.4 Å². The summed E-state index contributed by atoms with van der Waals surface area (Å²) in [7, 11) is 1.74. The third kappa shape index (κ3) is 4.63. The highest BCUT2D eigenvalue weighted by Crippen LogP contribution is 2.18. The standard InChI is InChI=1S/C14H25N3O/c1-4-7-15-11-13-12-16-8-6-14(13)17(5-2)9-10-18-3/h6,8,12,15H,4-5,7,9-11H2,1-3H3. The van der Waals surface area contributed by atoms with Crippen molar-refractivity contribution < 1.29 is 4.74 Å². The first kappa shape index (κ1) is 14.9. The van der Waals surface area contributed by atoms with E-state index in [0.29, 0.717) is 0 Å². The molecule has 4 nitrogen and oxygen atoms in total. The van der Waals surface area contributed by atoms with Crippen molar-refractivity contribution in [2.75, 3.05) is 38.3 Å². The number of pyridine rings is 1. The highest BCUT2D eigenvalue weighted by molar-refractivity contribution is 5.52. The Balaban J connectivity index is 2.71. The molecule has 0 fully saturated rings. The minimum atomic E-state index is 0.748. The van der Waals surface area contributed by atoms with Gasteiger partial charge in [0.2, 0.25) is 0 Å². The Morgan fingerprint density at radius 2 is 2.22 bits per heavy atom. The lowest BCUT2D eigenvalue weighted by atomic mass is 10.2. The first-order valence-electron chi connectivity index (χ1n) is 6.70. The number of nitrogens with zero attached hydrogens (tertiary/aromatic N) is 2. The summed E-state index contributed by atoms with van der Waals surface area (Å²) in [5.74, 6) is 0. The molecule has 1 aromatic heterocycles. The number of hydrogen-bond acceptors (Lipinski definition) is 4. The van der Waals surface area contributed by atoms with E-state index < -0.39 is 0 Å². The fourth-order valence-corrected chi connectivity index (χ4v) is 1.91. The third-order valence-corrected chi connectivity index (χ3v) is 2.91. The average Bonchev–Trinajstić information content (AvgIpc) is 2.41. The van der Waals surface area contributed by atoms with Gasteiger partial charge in [-0.05, 0) is 26.0 Å². The molecule has 1 rings (SSSR count). The summed E-state index contributed by atoms with van der Waals surface area (Å²) in [5, 5.41) is 3.43. The van der Waals surface area contributed by atoms with Gasteiger partial charge in [0.15, 0.2) is 0 Å². The number of anilines is 1. The molecule has 0 saturated heterocycles. The summed E-state index contributed by atoms with van der Waals surface area (Å²) in [6.07, 6.45) is 4.96. The van der Waals surface area contributed by atoms with Crippen LogP contribution in [-0.2, 0) is 11.3 Å². The molecule has 0 atom stereocenters. The first-order valence-corrected chi connectivity index (χ1v) is 6.70. The van der Waals surface area contributed by atoms with Gasteiger partial charge in [0, 0.05) is 50.4 Å². The normalized spacial score (nSPS) is 10.6. The molecule has 0 aliphatic rings. The molecule has 1 aromatic rings. The molecule has 102 valence electrons. The Bertz CT molecular complexity index is 331. The second kappa shape index (κ2) is 8.89. The lowest BCUT2D eigenvalue weighted by Crippen LogP contribution is -2.28. The van der Waals surface area contributed by atoms with Crippen LogP contribution in [0, 0.1) is 0 Å². The summed E-state index contributed by atoms with van der Waals surface area (Å²) in [5.41, 5.74) is 2.51. The van der Waals surface area contributed by atoms with Crippen LogP contribution in [0.25, 0.3) is 0 Å².